The molecule has 0 aromatic rings. The highest BCUT2D eigenvalue weighted by Gasteiger charge is 2.68. The molecule has 6 nitrogen and oxygen atoms in total. The van der Waals surface area contributed by atoms with E-state index in [1.54, 1.807) is 0 Å². The van der Waals surface area contributed by atoms with Gasteiger partial charge in [-0.15, -0.1) is 0 Å². The highest BCUT2D eigenvalue weighted by Crippen LogP contribution is 2.52. The van der Waals surface area contributed by atoms with Crippen molar-refractivity contribution in [2.24, 2.45) is 0 Å². The van der Waals surface area contributed by atoms with E-state index in [9.17, 15) is 14.4 Å². The number of alkyl halides is 2. The molecule has 1 rings (SSSR count). The summed E-state index contributed by atoms with van der Waals surface area (Å²) >= 11 is 12.3. The van der Waals surface area contributed by atoms with Crippen LogP contribution >= 0.6 is 23.2 Å². The van der Waals surface area contributed by atoms with Crippen LogP contribution in [0.5, 0.6) is 0 Å². The molecule has 108 valence electrons. The number of halogens is 2. The van der Waals surface area contributed by atoms with Crippen LogP contribution in [0.3, 0.4) is 0 Å². The summed E-state index contributed by atoms with van der Waals surface area (Å²) in [6, 6.07) is 0. The van der Waals surface area contributed by atoms with Gasteiger partial charge >= 0.3 is 17.9 Å². The van der Waals surface area contributed by atoms with Crippen LogP contribution in [-0.4, -0.2) is 41.1 Å². The van der Waals surface area contributed by atoms with Crippen LogP contribution in [0, 0.1) is 0 Å². The van der Waals surface area contributed by atoms with Crippen LogP contribution in [-0.2, 0) is 28.6 Å². The predicted molar refractivity (Wildman–Crippen MR) is 65.7 cm³/mol. The van der Waals surface area contributed by atoms with Crippen molar-refractivity contribution in [3.8, 4) is 0 Å². The van der Waals surface area contributed by atoms with E-state index in [1.165, 1.54) is 6.92 Å². The molecule has 2 atom stereocenters. The van der Waals surface area contributed by atoms with E-state index >= 15 is 0 Å². The fourth-order valence-electron chi connectivity index (χ4n) is 2.08. The molecule has 0 aromatic heterocycles. The lowest BCUT2D eigenvalue weighted by Gasteiger charge is -2.35. The second-order valence-corrected chi connectivity index (χ2v) is 5.56. The molecule has 1 fully saturated rings. The van der Waals surface area contributed by atoms with Crippen LogP contribution in [0.25, 0.3) is 0 Å². The van der Waals surface area contributed by atoms with Gasteiger partial charge in [0.2, 0.25) is 9.93 Å². The highest BCUT2D eigenvalue weighted by molar-refractivity contribution is 6.51. The maximum atomic E-state index is 11.9. The molecule has 19 heavy (non-hydrogen) atoms. The molecule has 8 heteroatoms. The van der Waals surface area contributed by atoms with Crippen LogP contribution in [0.1, 0.15) is 26.7 Å². The van der Waals surface area contributed by atoms with Crippen molar-refractivity contribution >= 4 is 41.1 Å². The van der Waals surface area contributed by atoms with Gasteiger partial charge in [-0.05, 0) is 6.42 Å². The van der Waals surface area contributed by atoms with Gasteiger partial charge in [0.05, 0.1) is 7.11 Å². The summed E-state index contributed by atoms with van der Waals surface area (Å²) in [7, 11) is 1.12. The third-order valence-electron chi connectivity index (χ3n) is 2.84. The Bertz CT molecular complexity index is 408. The Morgan fingerprint density at radius 1 is 1.16 bits per heavy atom. The van der Waals surface area contributed by atoms with Crippen LogP contribution in [0.2, 0.25) is 0 Å². The number of esters is 3. The normalized spacial score (nSPS) is 28.6. The predicted octanol–water partition coefficient (Wildman–Crippen LogP) is 1.36. The molecule has 0 aliphatic heterocycles. The van der Waals surface area contributed by atoms with E-state index in [0.29, 0.717) is 0 Å². The van der Waals surface area contributed by atoms with Gasteiger partial charge < -0.3 is 14.2 Å². The molecule has 0 N–H and O–H groups in total. The standard InChI is InChI=1S/C11H14Cl2O6/c1-6(14)18-8-4-5-10(9(16)17-3,11(8,12)13)19-7(2)15/h8H,4-5H2,1-3H3/t8-,10-/m0/s1. The van der Waals surface area contributed by atoms with E-state index in [4.69, 9.17) is 32.7 Å². The average molecular weight is 313 g/mol. The van der Waals surface area contributed by atoms with E-state index in [0.717, 1.165) is 14.0 Å². The first kappa shape index (κ1) is 16.0. The van der Waals surface area contributed by atoms with Crippen molar-refractivity contribution in [1.82, 2.24) is 0 Å². The molecule has 0 unspecified atom stereocenters. The van der Waals surface area contributed by atoms with E-state index in [2.05, 4.69) is 4.74 Å². The third kappa shape index (κ3) is 2.79. The molecule has 0 bridgehead atoms. The van der Waals surface area contributed by atoms with Crippen molar-refractivity contribution in [1.29, 1.82) is 0 Å². The molecule has 1 aliphatic rings. The number of hydrogen-bond donors (Lipinski definition) is 0. The number of carbonyl (C=O) groups is 3. The third-order valence-corrected chi connectivity index (χ3v) is 3.94. The zero-order valence-electron chi connectivity index (χ0n) is 10.7. The molecule has 1 saturated carbocycles. The van der Waals surface area contributed by atoms with Crippen molar-refractivity contribution in [2.45, 2.75) is 42.7 Å². The first-order valence-corrected chi connectivity index (χ1v) is 6.26. The fraction of sp³-hybridized carbons (Fsp3) is 0.727. The van der Waals surface area contributed by atoms with Crippen LogP contribution in [0.4, 0.5) is 0 Å². The second kappa shape index (κ2) is 5.54. The number of rotatable bonds is 3. The monoisotopic (exact) mass is 312 g/mol. The number of methoxy groups -OCH3 is 1. The van der Waals surface area contributed by atoms with Gasteiger partial charge in [-0.25, -0.2) is 4.79 Å². The van der Waals surface area contributed by atoms with Crippen molar-refractivity contribution in [2.75, 3.05) is 7.11 Å². The van der Waals surface area contributed by atoms with Gasteiger partial charge in [-0.2, -0.15) is 0 Å². The molecule has 0 heterocycles. The Balaban J connectivity index is 3.15. The van der Waals surface area contributed by atoms with Gasteiger partial charge in [-0.3, -0.25) is 9.59 Å². The lowest BCUT2D eigenvalue weighted by Crippen LogP contribution is -2.56. The number of ether oxygens (including phenoxy) is 3. The molecule has 0 aromatic carbocycles. The largest absolute Gasteiger partial charge is 0.466 e. The van der Waals surface area contributed by atoms with Gasteiger partial charge in [0.1, 0.15) is 6.10 Å². The van der Waals surface area contributed by atoms with E-state index < -0.39 is 33.9 Å². The molecule has 1 aliphatic carbocycles. The quantitative estimate of drug-likeness (QED) is 0.445. The molecule has 0 amide bonds. The Hall–Kier alpha value is -1.01. The summed E-state index contributed by atoms with van der Waals surface area (Å²) < 4.78 is 12.7. The second-order valence-electron chi connectivity index (χ2n) is 4.17. The first-order valence-electron chi connectivity index (χ1n) is 5.50. The zero-order valence-corrected chi connectivity index (χ0v) is 12.2. The van der Waals surface area contributed by atoms with E-state index in [1.807, 2.05) is 0 Å². The van der Waals surface area contributed by atoms with E-state index in [-0.39, 0.29) is 12.8 Å². The first-order chi connectivity index (χ1) is 8.67. The lowest BCUT2D eigenvalue weighted by atomic mass is 10.0. The minimum Gasteiger partial charge on any atom is -0.466 e. The summed E-state index contributed by atoms with van der Waals surface area (Å²) in [5.41, 5.74) is -1.88. The summed E-state index contributed by atoms with van der Waals surface area (Å²) in [5.74, 6) is -2.22. The summed E-state index contributed by atoms with van der Waals surface area (Å²) in [6.07, 6.45) is -0.786. The van der Waals surface area contributed by atoms with Crippen LogP contribution in [0.15, 0.2) is 0 Å². The van der Waals surface area contributed by atoms with Gasteiger partial charge in [0.25, 0.3) is 0 Å². The fourth-order valence-corrected chi connectivity index (χ4v) is 2.81. The SMILES string of the molecule is COC(=O)[C@@]1(OC(C)=O)CC[C@H](OC(C)=O)C1(Cl)Cl. The minimum absolute atomic E-state index is 0.00417. The topological polar surface area (TPSA) is 78.9 Å². The van der Waals surface area contributed by atoms with Crippen molar-refractivity contribution in [3.05, 3.63) is 0 Å². The molecule has 0 spiro atoms. The summed E-state index contributed by atoms with van der Waals surface area (Å²) in [4.78, 5) is 34.1. The Kier molecular flexibility index (Phi) is 4.68. The number of carbonyl (C=O) groups excluding carboxylic acids is 3. The van der Waals surface area contributed by atoms with Gasteiger partial charge in [0, 0.05) is 20.3 Å². The summed E-state index contributed by atoms with van der Waals surface area (Å²) in [5, 5.41) is 0. The average Bonchev–Trinajstić information content (AvgIpc) is 2.51. The maximum Gasteiger partial charge on any atom is 0.353 e. The molecular formula is C11H14Cl2O6. The molecule has 0 radical (unpaired) electrons. The highest BCUT2D eigenvalue weighted by atomic mass is 35.5. The lowest BCUT2D eigenvalue weighted by molar-refractivity contribution is -0.181. The van der Waals surface area contributed by atoms with Gasteiger partial charge in [-0.1, -0.05) is 23.2 Å². The summed E-state index contributed by atoms with van der Waals surface area (Å²) in [6.45, 7) is 2.31. The van der Waals surface area contributed by atoms with Crippen LogP contribution < -0.4 is 0 Å². The molecular weight excluding hydrogens is 299 g/mol. The van der Waals surface area contributed by atoms with Crippen molar-refractivity contribution < 1.29 is 28.6 Å². The smallest absolute Gasteiger partial charge is 0.353 e. The molecule has 0 saturated heterocycles. The Morgan fingerprint density at radius 3 is 2.16 bits per heavy atom. The Morgan fingerprint density at radius 2 is 1.74 bits per heavy atom. The minimum atomic E-state index is -1.91. The number of hydrogen-bond acceptors (Lipinski definition) is 6. The maximum absolute atomic E-state index is 11.9. The zero-order chi connectivity index (χ0) is 14.8. The Labute approximate surface area is 120 Å². The van der Waals surface area contributed by atoms with Gasteiger partial charge in [0.15, 0.2) is 0 Å². The van der Waals surface area contributed by atoms with Crippen molar-refractivity contribution in [3.63, 3.8) is 0 Å².